The van der Waals surface area contributed by atoms with E-state index in [-0.39, 0.29) is 0 Å². The van der Waals surface area contributed by atoms with Gasteiger partial charge in [-0.2, -0.15) is 0 Å². The highest BCUT2D eigenvalue weighted by molar-refractivity contribution is 8.01. The molecule has 0 radical (unpaired) electrons. The Hall–Kier alpha value is -0.830. The number of thioether (sulfide) groups is 1. The van der Waals surface area contributed by atoms with Gasteiger partial charge in [0.1, 0.15) is 0 Å². The third-order valence-corrected chi connectivity index (χ3v) is 2.09. The molecule has 1 rings (SSSR count). The van der Waals surface area contributed by atoms with E-state index in [0.717, 1.165) is 5.16 Å². The summed E-state index contributed by atoms with van der Waals surface area (Å²) in [4.78, 5) is 8.34. The van der Waals surface area contributed by atoms with Crippen molar-refractivity contribution < 1.29 is 0 Å². The van der Waals surface area contributed by atoms with Gasteiger partial charge in [-0.05, 0) is 16.9 Å². The van der Waals surface area contributed by atoms with Gasteiger partial charge in [-0.3, -0.25) is 0 Å². The summed E-state index contributed by atoms with van der Waals surface area (Å²) in [5.41, 5.74) is 1.17. The largest absolute Gasteiger partial charge is 0.231 e. The lowest BCUT2D eigenvalue weighted by molar-refractivity contribution is 0.821. The molecule has 2 nitrogen and oxygen atoms in total. The molecule has 0 aromatic carbocycles. The van der Waals surface area contributed by atoms with Crippen LogP contribution in [0.2, 0.25) is 0 Å². The van der Waals surface area contributed by atoms with Gasteiger partial charge in [0.05, 0.1) is 0 Å². The van der Waals surface area contributed by atoms with Crippen molar-refractivity contribution in [3.05, 3.63) is 29.9 Å². The maximum Gasteiger partial charge on any atom is 0.191 e. The van der Waals surface area contributed by atoms with Crippen LogP contribution < -0.4 is 0 Å². The van der Waals surface area contributed by atoms with Crippen molar-refractivity contribution >= 4 is 11.8 Å². The number of hydrogen-bond donors (Lipinski definition) is 0. The van der Waals surface area contributed by atoms with Crippen LogP contribution in [0, 0.1) is 0 Å². The van der Waals surface area contributed by atoms with E-state index in [1.54, 1.807) is 5.41 Å². The second-order valence-electron chi connectivity index (χ2n) is 2.74. The van der Waals surface area contributed by atoms with E-state index >= 15 is 0 Å². The molecule has 0 unspecified atom stereocenters. The highest BCUT2D eigenvalue weighted by atomic mass is 32.2. The van der Waals surface area contributed by atoms with Crippen LogP contribution in [0.15, 0.2) is 29.5 Å². The van der Waals surface area contributed by atoms with Crippen molar-refractivity contribution in [3.8, 4) is 0 Å². The minimum absolute atomic E-state index is 0.493. The molecule has 0 N–H and O–H groups in total. The molecule has 1 aromatic heterocycles. The quantitative estimate of drug-likeness (QED) is 0.528. The van der Waals surface area contributed by atoms with Crippen molar-refractivity contribution in [2.45, 2.75) is 24.9 Å². The van der Waals surface area contributed by atoms with Crippen molar-refractivity contribution in [1.29, 1.82) is 0 Å². The Bertz CT molecular complexity index is 254. The molecule has 64 valence electrons. The zero-order chi connectivity index (χ0) is 8.97. The monoisotopic (exact) mass is 180 g/mol. The molecule has 3 heteroatoms. The minimum Gasteiger partial charge on any atom is -0.231 e. The first kappa shape index (κ1) is 9.26. The highest BCUT2D eigenvalue weighted by Crippen LogP contribution is 2.15. The molecule has 0 amide bonds. The Morgan fingerprint density at radius 2 is 2.00 bits per heavy atom. The highest BCUT2D eigenvalue weighted by Gasteiger charge is 1.99. The zero-order valence-electron chi connectivity index (χ0n) is 7.32. The summed E-state index contributed by atoms with van der Waals surface area (Å²) < 4.78 is 0. The molecule has 0 aliphatic carbocycles. The van der Waals surface area contributed by atoms with Gasteiger partial charge >= 0.3 is 0 Å². The summed E-state index contributed by atoms with van der Waals surface area (Å²) in [6.07, 6.45) is 3.73. The number of rotatable bonds is 3. The zero-order valence-corrected chi connectivity index (χ0v) is 8.14. The minimum atomic E-state index is 0.493. The van der Waals surface area contributed by atoms with E-state index in [2.05, 4.69) is 30.4 Å². The summed E-state index contributed by atoms with van der Waals surface area (Å²) >= 11 is 1.44. The first-order chi connectivity index (χ1) is 5.74. The van der Waals surface area contributed by atoms with Crippen molar-refractivity contribution in [2.75, 3.05) is 0 Å². The smallest absolute Gasteiger partial charge is 0.191 e. The van der Waals surface area contributed by atoms with Gasteiger partial charge in [0, 0.05) is 12.4 Å². The van der Waals surface area contributed by atoms with Gasteiger partial charge in [-0.15, -0.1) is 0 Å². The predicted molar refractivity (Wildman–Crippen MR) is 52.2 cm³/mol. The van der Waals surface area contributed by atoms with Crippen LogP contribution in [0.5, 0.6) is 0 Å². The van der Waals surface area contributed by atoms with E-state index in [0.29, 0.717) is 5.92 Å². The lowest BCUT2D eigenvalue weighted by Crippen LogP contribution is -1.91. The first-order valence-corrected chi connectivity index (χ1v) is 4.71. The van der Waals surface area contributed by atoms with Crippen molar-refractivity contribution in [2.24, 2.45) is 0 Å². The molecular formula is C9H12N2S. The fourth-order valence-electron chi connectivity index (χ4n) is 0.760. The maximum atomic E-state index is 4.17. The topological polar surface area (TPSA) is 25.8 Å². The van der Waals surface area contributed by atoms with E-state index in [1.165, 1.54) is 17.3 Å². The molecule has 0 atom stereocenters. The normalized spacial score (nSPS) is 10.2. The van der Waals surface area contributed by atoms with Crippen molar-refractivity contribution in [3.63, 3.8) is 0 Å². The first-order valence-electron chi connectivity index (χ1n) is 3.83. The molecule has 0 saturated carbocycles. The van der Waals surface area contributed by atoms with Gasteiger partial charge in [0.15, 0.2) is 5.16 Å². The Balaban J connectivity index is 2.78. The van der Waals surface area contributed by atoms with Gasteiger partial charge in [-0.1, -0.05) is 32.2 Å². The molecule has 0 aliphatic heterocycles. The summed E-state index contributed by atoms with van der Waals surface area (Å²) in [5, 5.41) is 2.49. The summed E-state index contributed by atoms with van der Waals surface area (Å²) in [6, 6.07) is 0. The van der Waals surface area contributed by atoms with Crippen LogP contribution in [-0.4, -0.2) is 9.97 Å². The summed E-state index contributed by atoms with van der Waals surface area (Å²) in [6.45, 7) is 7.84. The SMILES string of the molecule is C=CSc1ncc(C(C)C)cn1. The average Bonchev–Trinajstić information content (AvgIpc) is 2.06. The third-order valence-electron chi connectivity index (χ3n) is 1.50. The van der Waals surface area contributed by atoms with Gasteiger partial charge in [0.2, 0.25) is 0 Å². The van der Waals surface area contributed by atoms with Crippen LogP contribution >= 0.6 is 11.8 Å². The van der Waals surface area contributed by atoms with E-state index in [1.807, 2.05) is 12.4 Å². The standard InChI is InChI=1S/C9H12N2S/c1-4-12-9-10-5-8(6-11-9)7(2)3/h4-7H,1H2,2-3H3. The lowest BCUT2D eigenvalue weighted by atomic mass is 10.1. The lowest BCUT2D eigenvalue weighted by Gasteiger charge is -2.02. The maximum absolute atomic E-state index is 4.17. The third kappa shape index (κ3) is 2.34. The van der Waals surface area contributed by atoms with Gasteiger partial charge in [0.25, 0.3) is 0 Å². The molecule has 0 bridgehead atoms. The fraction of sp³-hybridized carbons (Fsp3) is 0.333. The van der Waals surface area contributed by atoms with Crippen LogP contribution in [0.25, 0.3) is 0 Å². The predicted octanol–water partition coefficient (Wildman–Crippen LogP) is 2.84. The summed E-state index contributed by atoms with van der Waals surface area (Å²) in [7, 11) is 0. The second kappa shape index (κ2) is 4.26. The van der Waals surface area contributed by atoms with Gasteiger partial charge < -0.3 is 0 Å². The Morgan fingerprint density at radius 3 is 2.42 bits per heavy atom. The van der Waals surface area contributed by atoms with Crippen LogP contribution in [0.4, 0.5) is 0 Å². The number of hydrogen-bond acceptors (Lipinski definition) is 3. The molecule has 1 aromatic rings. The van der Waals surface area contributed by atoms with E-state index in [4.69, 9.17) is 0 Å². The van der Waals surface area contributed by atoms with Crippen LogP contribution in [0.3, 0.4) is 0 Å². The van der Waals surface area contributed by atoms with E-state index in [9.17, 15) is 0 Å². The van der Waals surface area contributed by atoms with E-state index < -0.39 is 0 Å². The molecule has 0 fully saturated rings. The Labute approximate surface area is 77.1 Å². The Morgan fingerprint density at radius 1 is 1.42 bits per heavy atom. The fourth-order valence-corrected chi connectivity index (χ4v) is 1.14. The van der Waals surface area contributed by atoms with Crippen LogP contribution in [0.1, 0.15) is 25.3 Å². The molecule has 12 heavy (non-hydrogen) atoms. The number of aromatic nitrogens is 2. The van der Waals surface area contributed by atoms with Gasteiger partial charge in [-0.25, -0.2) is 9.97 Å². The average molecular weight is 180 g/mol. The summed E-state index contributed by atoms with van der Waals surface area (Å²) in [5.74, 6) is 0.493. The molecular weight excluding hydrogens is 168 g/mol. The molecule has 0 aliphatic rings. The molecule has 0 spiro atoms. The second-order valence-corrected chi connectivity index (χ2v) is 3.67. The molecule has 1 heterocycles. The molecule has 0 saturated heterocycles. The Kier molecular flexibility index (Phi) is 3.29. The van der Waals surface area contributed by atoms with Crippen molar-refractivity contribution in [1.82, 2.24) is 9.97 Å². The number of nitrogens with zero attached hydrogens (tertiary/aromatic N) is 2. The van der Waals surface area contributed by atoms with Crippen LogP contribution in [-0.2, 0) is 0 Å².